The molecule has 0 aromatic heterocycles. The monoisotopic (exact) mass is 486 g/mol. The summed E-state index contributed by atoms with van der Waals surface area (Å²) in [7, 11) is 3.03. The van der Waals surface area contributed by atoms with Crippen molar-refractivity contribution in [3.05, 3.63) is 87.6 Å². The van der Waals surface area contributed by atoms with Crippen LogP contribution in [0.1, 0.15) is 21.5 Å². The van der Waals surface area contributed by atoms with Crippen LogP contribution in [0.15, 0.2) is 70.2 Å². The summed E-state index contributed by atoms with van der Waals surface area (Å²) in [6.07, 6.45) is 1.49. The van der Waals surface area contributed by atoms with Crippen LogP contribution in [0, 0.1) is 5.82 Å². The number of benzene rings is 3. The van der Waals surface area contributed by atoms with Crippen LogP contribution in [-0.4, -0.2) is 26.3 Å². The average molecular weight is 487 g/mol. The van der Waals surface area contributed by atoms with E-state index < -0.39 is 5.91 Å². The molecule has 0 bridgehead atoms. The Hall–Kier alpha value is -3.39. The molecule has 160 valence electrons. The van der Waals surface area contributed by atoms with Gasteiger partial charge in [0.1, 0.15) is 18.2 Å². The number of hydrazone groups is 1. The lowest BCUT2D eigenvalue weighted by Gasteiger charge is -2.11. The highest BCUT2D eigenvalue weighted by molar-refractivity contribution is 9.10. The molecule has 0 aliphatic rings. The highest BCUT2D eigenvalue weighted by Crippen LogP contribution is 2.28. The number of nitrogens with zero attached hydrogens (tertiary/aromatic N) is 1. The van der Waals surface area contributed by atoms with Crippen molar-refractivity contribution in [2.75, 3.05) is 14.2 Å². The highest BCUT2D eigenvalue weighted by Gasteiger charge is 2.12. The van der Waals surface area contributed by atoms with Crippen LogP contribution in [0.3, 0.4) is 0 Å². The Morgan fingerprint density at radius 3 is 2.42 bits per heavy atom. The molecule has 1 N–H and O–H groups in total. The number of rotatable bonds is 8. The number of hydrogen-bond donors (Lipinski definition) is 1. The maximum atomic E-state index is 13.0. The molecule has 0 heterocycles. The van der Waals surface area contributed by atoms with Gasteiger partial charge in [0, 0.05) is 4.47 Å². The van der Waals surface area contributed by atoms with Gasteiger partial charge in [-0.1, -0.05) is 28.1 Å². The Balaban J connectivity index is 1.65. The van der Waals surface area contributed by atoms with Gasteiger partial charge in [0.2, 0.25) is 0 Å². The van der Waals surface area contributed by atoms with E-state index in [1.807, 2.05) is 0 Å². The summed E-state index contributed by atoms with van der Waals surface area (Å²) in [6.45, 7) is 0.272. The summed E-state index contributed by atoms with van der Waals surface area (Å²) >= 11 is 3.34. The number of nitrogens with one attached hydrogen (secondary N) is 1. The van der Waals surface area contributed by atoms with E-state index in [-0.39, 0.29) is 12.4 Å². The second-order valence-electron chi connectivity index (χ2n) is 6.37. The lowest BCUT2D eigenvalue weighted by molar-refractivity contribution is 0.0952. The van der Waals surface area contributed by atoms with E-state index in [0.717, 1.165) is 10.0 Å². The second kappa shape index (κ2) is 10.6. The zero-order chi connectivity index (χ0) is 22.2. The SMILES string of the molecule is COc1cc(/C=N/NC(=O)c2cc(Br)ccc2OC)ccc1OCc1ccc(F)cc1. The van der Waals surface area contributed by atoms with Crippen LogP contribution in [0.25, 0.3) is 0 Å². The van der Waals surface area contributed by atoms with Crippen LogP contribution in [-0.2, 0) is 6.61 Å². The molecule has 0 saturated heterocycles. The van der Waals surface area contributed by atoms with Crippen LogP contribution in [0.2, 0.25) is 0 Å². The van der Waals surface area contributed by atoms with Gasteiger partial charge in [0.25, 0.3) is 5.91 Å². The molecule has 0 unspecified atom stereocenters. The summed E-state index contributed by atoms with van der Waals surface area (Å²) in [5.41, 5.74) is 4.37. The van der Waals surface area contributed by atoms with Crippen LogP contribution < -0.4 is 19.6 Å². The van der Waals surface area contributed by atoms with Crippen molar-refractivity contribution in [1.82, 2.24) is 5.43 Å². The third kappa shape index (κ3) is 6.05. The highest BCUT2D eigenvalue weighted by atomic mass is 79.9. The number of halogens is 2. The van der Waals surface area contributed by atoms with Gasteiger partial charge >= 0.3 is 0 Å². The Kier molecular flexibility index (Phi) is 7.61. The first-order valence-electron chi connectivity index (χ1n) is 9.22. The van der Waals surface area contributed by atoms with Gasteiger partial charge in [0.15, 0.2) is 11.5 Å². The molecule has 3 aromatic rings. The Bertz CT molecular complexity index is 1090. The van der Waals surface area contributed by atoms with Crippen LogP contribution in [0.4, 0.5) is 4.39 Å². The largest absolute Gasteiger partial charge is 0.496 e. The summed E-state index contributed by atoms with van der Waals surface area (Å²) < 4.78 is 30.1. The fourth-order valence-electron chi connectivity index (χ4n) is 2.71. The van der Waals surface area contributed by atoms with E-state index in [1.54, 1.807) is 48.5 Å². The van der Waals surface area contributed by atoms with Gasteiger partial charge in [-0.3, -0.25) is 4.79 Å². The predicted molar refractivity (Wildman–Crippen MR) is 119 cm³/mol. The molecule has 0 spiro atoms. The average Bonchev–Trinajstić information content (AvgIpc) is 2.79. The fraction of sp³-hybridized carbons (Fsp3) is 0.130. The Morgan fingerprint density at radius 1 is 1.00 bits per heavy atom. The molecule has 8 heteroatoms. The fourth-order valence-corrected chi connectivity index (χ4v) is 3.07. The lowest BCUT2D eigenvalue weighted by atomic mass is 10.2. The smallest absolute Gasteiger partial charge is 0.275 e. The summed E-state index contributed by atoms with van der Waals surface area (Å²) in [6, 6.07) is 16.5. The quantitative estimate of drug-likeness (QED) is 0.361. The molecule has 1 amide bonds. The molecule has 0 fully saturated rings. The van der Waals surface area contributed by atoms with Crippen molar-refractivity contribution in [1.29, 1.82) is 0 Å². The first-order valence-corrected chi connectivity index (χ1v) is 10.0. The molecule has 0 saturated carbocycles. The Morgan fingerprint density at radius 2 is 1.71 bits per heavy atom. The second-order valence-corrected chi connectivity index (χ2v) is 7.28. The minimum absolute atomic E-state index is 0.272. The maximum Gasteiger partial charge on any atom is 0.275 e. The molecule has 6 nitrogen and oxygen atoms in total. The zero-order valence-corrected chi connectivity index (χ0v) is 18.5. The molecular formula is C23H20BrFN2O4. The van der Waals surface area contributed by atoms with E-state index in [2.05, 4.69) is 26.5 Å². The molecule has 0 atom stereocenters. The number of carbonyl (C=O) groups is 1. The van der Waals surface area contributed by atoms with Crippen molar-refractivity contribution in [3.8, 4) is 17.2 Å². The molecule has 0 aliphatic carbocycles. The van der Waals surface area contributed by atoms with E-state index >= 15 is 0 Å². The topological polar surface area (TPSA) is 69.2 Å². The summed E-state index contributed by atoms with van der Waals surface area (Å²) in [5, 5.41) is 4.00. The summed E-state index contributed by atoms with van der Waals surface area (Å²) in [5.74, 6) is 0.786. The van der Waals surface area contributed by atoms with E-state index in [4.69, 9.17) is 14.2 Å². The molecule has 31 heavy (non-hydrogen) atoms. The van der Waals surface area contributed by atoms with Gasteiger partial charge < -0.3 is 14.2 Å². The molecule has 3 rings (SSSR count). The van der Waals surface area contributed by atoms with Crippen molar-refractivity contribution in [2.45, 2.75) is 6.61 Å². The first-order chi connectivity index (χ1) is 15.0. The predicted octanol–water partition coefficient (Wildman–Crippen LogP) is 4.95. The first kappa shape index (κ1) is 22.3. The van der Waals surface area contributed by atoms with Crippen LogP contribution in [0.5, 0.6) is 17.2 Å². The summed E-state index contributed by atoms with van der Waals surface area (Å²) in [4.78, 5) is 12.4. The zero-order valence-electron chi connectivity index (χ0n) is 16.9. The standard InChI is InChI=1S/C23H20BrFN2O4/c1-29-20-10-6-17(24)12-19(20)23(28)27-26-13-16-5-9-21(22(11-16)30-2)31-14-15-3-7-18(25)8-4-15/h3-13H,14H2,1-2H3,(H,27,28)/b26-13+. The Labute approximate surface area is 187 Å². The van der Waals surface area contributed by atoms with Crippen LogP contribution >= 0.6 is 15.9 Å². The molecule has 0 radical (unpaired) electrons. The molecule has 0 aliphatic heterocycles. The van der Waals surface area contributed by atoms with Gasteiger partial charge in [-0.05, 0) is 59.7 Å². The van der Waals surface area contributed by atoms with Gasteiger partial charge in [-0.2, -0.15) is 5.10 Å². The van der Waals surface area contributed by atoms with Crippen molar-refractivity contribution >= 4 is 28.1 Å². The molecular weight excluding hydrogens is 467 g/mol. The normalized spacial score (nSPS) is 10.7. The number of hydrogen-bond acceptors (Lipinski definition) is 5. The van der Waals surface area contributed by atoms with Crippen molar-refractivity contribution in [3.63, 3.8) is 0 Å². The minimum Gasteiger partial charge on any atom is -0.496 e. The van der Waals surface area contributed by atoms with Crippen molar-refractivity contribution in [2.24, 2.45) is 5.10 Å². The maximum absolute atomic E-state index is 13.0. The number of methoxy groups -OCH3 is 2. The van der Waals surface area contributed by atoms with E-state index in [9.17, 15) is 9.18 Å². The third-order valence-electron chi connectivity index (χ3n) is 4.28. The van der Waals surface area contributed by atoms with Gasteiger partial charge in [0.05, 0.1) is 26.0 Å². The number of carbonyl (C=O) groups excluding carboxylic acids is 1. The van der Waals surface area contributed by atoms with Gasteiger partial charge in [-0.25, -0.2) is 9.82 Å². The third-order valence-corrected chi connectivity index (χ3v) is 4.77. The minimum atomic E-state index is -0.402. The van der Waals surface area contributed by atoms with Crippen molar-refractivity contribution < 1.29 is 23.4 Å². The lowest BCUT2D eigenvalue weighted by Crippen LogP contribution is -2.18. The number of ether oxygens (including phenoxy) is 3. The van der Waals surface area contributed by atoms with E-state index in [0.29, 0.717) is 28.4 Å². The molecule has 3 aromatic carbocycles. The van der Waals surface area contributed by atoms with E-state index in [1.165, 1.54) is 32.6 Å². The van der Waals surface area contributed by atoms with Gasteiger partial charge in [-0.15, -0.1) is 0 Å². The number of amides is 1.